The molecule has 2 aromatic rings. The van der Waals surface area contributed by atoms with E-state index in [0.717, 1.165) is 36.8 Å². The first-order valence-corrected chi connectivity index (χ1v) is 6.66. The molecule has 0 aliphatic carbocycles. The first-order valence-electron chi connectivity index (χ1n) is 6.66. The lowest BCUT2D eigenvalue weighted by Crippen LogP contribution is -2.37. The predicted octanol–water partition coefficient (Wildman–Crippen LogP) is 1.59. The quantitative estimate of drug-likeness (QED) is 0.792. The van der Waals surface area contributed by atoms with Crippen LogP contribution in [-0.2, 0) is 13.1 Å². The molecule has 0 atom stereocenters. The summed E-state index contributed by atoms with van der Waals surface area (Å²) in [5.74, 6) is 1.92. The Morgan fingerprint density at radius 1 is 1.30 bits per heavy atom. The monoisotopic (exact) mass is 271 g/mol. The largest absolute Gasteiger partial charge is 0.497 e. The summed E-state index contributed by atoms with van der Waals surface area (Å²) in [5.41, 5.74) is 0.722. The van der Waals surface area contributed by atoms with Crippen LogP contribution in [0.5, 0.6) is 5.75 Å². The minimum absolute atomic E-state index is 0.132. The van der Waals surface area contributed by atoms with E-state index in [4.69, 9.17) is 4.74 Å². The lowest BCUT2D eigenvalue weighted by molar-refractivity contribution is 0.0908. The van der Waals surface area contributed by atoms with Crippen LogP contribution in [0.1, 0.15) is 16.2 Å². The molecule has 0 spiro atoms. The Labute approximate surface area is 117 Å². The van der Waals surface area contributed by atoms with Gasteiger partial charge in [-0.2, -0.15) is 0 Å². The molecule has 0 fully saturated rings. The second kappa shape index (κ2) is 5.46. The van der Waals surface area contributed by atoms with Crippen molar-refractivity contribution >= 4 is 5.78 Å². The molecule has 0 saturated heterocycles. The molecule has 104 valence electrons. The fourth-order valence-electron chi connectivity index (χ4n) is 2.43. The van der Waals surface area contributed by atoms with E-state index in [1.165, 1.54) is 0 Å². The summed E-state index contributed by atoms with van der Waals surface area (Å²) in [6, 6.07) is 7.25. The zero-order valence-corrected chi connectivity index (χ0v) is 11.5. The van der Waals surface area contributed by atoms with Crippen molar-refractivity contribution in [1.82, 2.24) is 14.5 Å². The number of hydrogen-bond acceptors (Lipinski definition) is 4. The zero-order valence-electron chi connectivity index (χ0n) is 11.5. The normalized spacial score (nSPS) is 14.8. The number of nitrogens with zero attached hydrogens (tertiary/aromatic N) is 3. The van der Waals surface area contributed by atoms with Crippen molar-refractivity contribution in [2.24, 2.45) is 0 Å². The molecule has 1 aromatic carbocycles. The Balaban J connectivity index is 1.64. The average molecular weight is 271 g/mol. The van der Waals surface area contributed by atoms with Crippen molar-refractivity contribution in [2.75, 3.05) is 20.2 Å². The van der Waals surface area contributed by atoms with Gasteiger partial charge in [-0.15, -0.1) is 0 Å². The van der Waals surface area contributed by atoms with E-state index in [1.807, 2.05) is 36.7 Å². The van der Waals surface area contributed by atoms with E-state index < -0.39 is 0 Å². The van der Waals surface area contributed by atoms with Gasteiger partial charge in [0.05, 0.1) is 20.2 Å². The van der Waals surface area contributed by atoms with Crippen molar-refractivity contribution in [3.8, 4) is 5.75 Å². The Bertz CT molecular complexity index is 604. The third-order valence-electron chi connectivity index (χ3n) is 3.60. The van der Waals surface area contributed by atoms with Gasteiger partial charge in [0.15, 0.2) is 5.78 Å². The number of methoxy groups -OCH3 is 1. The second-order valence-electron chi connectivity index (χ2n) is 4.90. The topological polar surface area (TPSA) is 47.4 Å². The first kappa shape index (κ1) is 12.9. The maximum Gasteiger partial charge on any atom is 0.176 e. The Hall–Kier alpha value is -2.14. The van der Waals surface area contributed by atoms with E-state index in [-0.39, 0.29) is 5.78 Å². The van der Waals surface area contributed by atoms with Crippen molar-refractivity contribution in [3.05, 3.63) is 48.0 Å². The van der Waals surface area contributed by atoms with Gasteiger partial charge in [0.1, 0.15) is 11.6 Å². The number of hydrogen-bond donors (Lipinski definition) is 0. The molecule has 1 aliphatic heterocycles. The number of ether oxygens (including phenoxy) is 1. The molecule has 2 heterocycles. The van der Waals surface area contributed by atoms with Gasteiger partial charge < -0.3 is 9.30 Å². The highest BCUT2D eigenvalue weighted by atomic mass is 16.5. The van der Waals surface area contributed by atoms with Gasteiger partial charge >= 0.3 is 0 Å². The van der Waals surface area contributed by atoms with Crippen molar-refractivity contribution < 1.29 is 9.53 Å². The zero-order chi connectivity index (χ0) is 13.9. The van der Waals surface area contributed by atoms with E-state index >= 15 is 0 Å². The van der Waals surface area contributed by atoms with Crippen LogP contribution in [-0.4, -0.2) is 40.4 Å². The van der Waals surface area contributed by atoms with Crippen LogP contribution in [0, 0.1) is 0 Å². The van der Waals surface area contributed by atoms with Crippen molar-refractivity contribution in [3.63, 3.8) is 0 Å². The van der Waals surface area contributed by atoms with Gasteiger partial charge in [0.2, 0.25) is 0 Å². The smallest absolute Gasteiger partial charge is 0.176 e. The first-order chi connectivity index (χ1) is 9.76. The van der Waals surface area contributed by atoms with Crippen LogP contribution in [0.15, 0.2) is 36.7 Å². The Kier molecular flexibility index (Phi) is 3.52. The van der Waals surface area contributed by atoms with Crippen LogP contribution in [0.2, 0.25) is 0 Å². The van der Waals surface area contributed by atoms with Gasteiger partial charge in [0.25, 0.3) is 0 Å². The fourth-order valence-corrected chi connectivity index (χ4v) is 2.43. The molecular formula is C15H17N3O2. The molecule has 1 aliphatic rings. The summed E-state index contributed by atoms with van der Waals surface area (Å²) < 4.78 is 7.23. The molecule has 0 N–H and O–H groups in total. The molecular weight excluding hydrogens is 254 g/mol. The molecule has 20 heavy (non-hydrogen) atoms. The molecule has 5 nitrogen and oxygen atoms in total. The minimum Gasteiger partial charge on any atom is -0.497 e. The average Bonchev–Trinajstić information content (AvgIpc) is 2.95. The molecule has 0 amide bonds. The number of carbonyl (C=O) groups is 1. The highest BCUT2D eigenvalue weighted by Gasteiger charge is 2.19. The summed E-state index contributed by atoms with van der Waals surface area (Å²) >= 11 is 0. The maximum absolute atomic E-state index is 12.3. The van der Waals surface area contributed by atoms with Crippen LogP contribution in [0.3, 0.4) is 0 Å². The summed E-state index contributed by atoms with van der Waals surface area (Å²) in [5, 5.41) is 0. The highest BCUT2D eigenvalue weighted by molar-refractivity contribution is 5.97. The van der Waals surface area contributed by atoms with Gasteiger partial charge in [0, 0.05) is 31.0 Å². The fraction of sp³-hybridized carbons (Fsp3) is 0.333. The number of fused-ring (bicyclic) bond motifs is 1. The van der Waals surface area contributed by atoms with Gasteiger partial charge in [-0.25, -0.2) is 4.98 Å². The van der Waals surface area contributed by atoms with E-state index in [1.54, 1.807) is 7.11 Å². The summed E-state index contributed by atoms with van der Waals surface area (Å²) in [7, 11) is 1.62. The number of imidazole rings is 1. The Morgan fingerprint density at radius 3 is 2.85 bits per heavy atom. The van der Waals surface area contributed by atoms with Gasteiger partial charge in [-0.1, -0.05) is 0 Å². The number of rotatable bonds is 4. The molecule has 0 radical (unpaired) electrons. The standard InChI is InChI=1S/C15H17N3O2/c1-20-13-4-2-12(3-5-13)14(19)10-17-8-9-18-7-6-16-15(18)11-17/h2-7H,8-11H2,1H3. The minimum atomic E-state index is 0.132. The molecule has 0 bridgehead atoms. The summed E-state index contributed by atoms with van der Waals surface area (Å²) in [6.45, 7) is 2.94. The third-order valence-corrected chi connectivity index (χ3v) is 3.60. The number of benzene rings is 1. The predicted molar refractivity (Wildman–Crippen MR) is 74.8 cm³/mol. The van der Waals surface area contributed by atoms with Crippen molar-refractivity contribution in [2.45, 2.75) is 13.1 Å². The van der Waals surface area contributed by atoms with Gasteiger partial charge in [-0.05, 0) is 24.3 Å². The lowest BCUT2D eigenvalue weighted by Gasteiger charge is -2.26. The summed E-state index contributed by atoms with van der Waals surface area (Å²) in [4.78, 5) is 18.7. The van der Waals surface area contributed by atoms with E-state index in [2.05, 4.69) is 14.5 Å². The lowest BCUT2D eigenvalue weighted by atomic mass is 10.1. The molecule has 0 saturated carbocycles. The molecule has 5 heteroatoms. The second-order valence-corrected chi connectivity index (χ2v) is 4.90. The molecule has 0 unspecified atom stereocenters. The van der Waals surface area contributed by atoms with E-state index in [0.29, 0.717) is 6.54 Å². The summed E-state index contributed by atoms with van der Waals surface area (Å²) in [6.07, 6.45) is 3.79. The van der Waals surface area contributed by atoms with Crippen LogP contribution in [0.4, 0.5) is 0 Å². The van der Waals surface area contributed by atoms with Crippen LogP contribution < -0.4 is 4.74 Å². The SMILES string of the molecule is COc1ccc(C(=O)CN2CCn3ccnc3C2)cc1. The van der Waals surface area contributed by atoms with Crippen LogP contribution in [0.25, 0.3) is 0 Å². The number of Topliss-reactive ketones (excluding diaryl/α,β-unsaturated/α-hetero) is 1. The van der Waals surface area contributed by atoms with Crippen LogP contribution >= 0.6 is 0 Å². The molecule has 3 rings (SSSR count). The Morgan fingerprint density at radius 2 is 2.10 bits per heavy atom. The number of ketones is 1. The molecule has 1 aromatic heterocycles. The third kappa shape index (κ3) is 2.58. The van der Waals surface area contributed by atoms with E-state index in [9.17, 15) is 4.79 Å². The number of aromatic nitrogens is 2. The highest BCUT2D eigenvalue weighted by Crippen LogP contribution is 2.14. The maximum atomic E-state index is 12.3. The van der Waals surface area contributed by atoms with Gasteiger partial charge in [-0.3, -0.25) is 9.69 Å². The van der Waals surface area contributed by atoms with Crippen molar-refractivity contribution in [1.29, 1.82) is 0 Å². The number of carbonyl (C=O) groups excluding carboxylic acids is 1.